The number of likely N-dealkylation sites (N-methyl/N-ethyl adjacent to an activating group) is 1. The number of amides is 1. The van der Waals surface area contributed by atoms with Gasteiger partial charge in [0.1, 0.15) is 0 Å². The van der Waals surface area contributed by atoms with Gasteiger partial charge in [-0.25, -0.2) is 0 Å². The molecule has 1 heterocycles. The third-order valence-electron chi connectivity index (χ3n) is 2.65. The highest BCUT2D eigenvalue weighted by Crippen LogP contribution is 2.09. The van der Waals surface area contributed by atoms with Crippen molar-refractivity contribution in [3.05, 3.63) is 12.2 Å². The lowest BCUT2D eigenvalue weighted by molar-refractivity contribution is -0.126. The zero-order valence-corrected chi connectivity index (χ0v) is 9.91. The summed E-state index contributed by atoms with van der Waals surface area (Å²) in [5.74, 6) is 0.179. The molecule has 0 saturated carbocycles. The van der Waals surface area contributed by atoms with Crippen molar-refractivity contribution in [2.75, 3.05) is 33.7 Å². The quantitative estimate of drug-likeness (QED) is 0.659. The van der Waals surface area contributed by atoms with E-state index in [1.54, 1.807) is 6.08 Å². The number of nitrogens with zero attached hydrogens (tertiary/aromatic N) is 2. The summed E-state index contributed by atoms with van der Waals surface area (Å²) in [7, 11) is 4.00. The van der Waals surface area contributed by atoms with Crippen molar-refractivity contribution in [2.24, 2.45) is 0 Å². The summed E-state index contributed by atoms with van der Waals surface area (Å²) in [6, 6.07) is 0. The molecule has 0 radical (unpaired) electrons. The van der Waals surface area contributed by atoms with E-state index >= 15 is 0 Å². The van der Waals surface area contributed by atoms with Crippen molar-refractivity contribution in [2.45, 2.75) is 25.7 Å². The van der Waals surface area contributed by atoms with Gasteiger partial charge in [-0.1, -0.05) is 18.9 Å². The van der Waals surface area contributed by atoms with Gasteiger partial charge in [-0.3, -0.25) is 4.79 Å². The molecule has 3 heteroatoms. The van der Waals surface area contributed by atoms with Crippen LogP contribution in [0, 0.1) is 0 Å². The molecule has 1 aliphatic heterocycles. The lowest BCUT2D eigenvalue weighted by Gasteiger charge is -2.18. The highest BCUT2D eigenvalue weighted by atomic mass is 16.2. The summed E-state index contributed by atoms with van der Waals surface area (Å²) >= 11 is 0. The Morgan fingerprint density at radius 1 is 1.20 bits per heavy atom. The Hall–Kier alpha value is -0.830. The molecule has 0 aromatic carbocycles. The van der Waals surface area contributed by atoms with E-state index in [2.05, 4.69) is 0 Å². The van der Waals surface area contributed by atoms with Crippen molar-refractivity contribution in [1.82, 2.24) is 9.80 Å². The molecule has 0 spiro atoms. The van der Waals surface area contributed by atoms with Gasteiger partial charge in [0.25, 0.3) is 0 Å². The van der Waals surface area contributed by atoms with E-state index in [9.17, 15) is 4.79 Å². The first-order valence-electron chi connectivity index (χ1n) is 5.80. The molecule has 1 amide bonds. The molecule has 3 nitrogen and oxygen atoms in total. The second-order valence-corrected chi connectivity index (χ2v) is 4.40. The van der Waals surface area contributed by atoms with Crippen molar-refractivity contribution in [3.8, 4) is 0 Å². The van der Waals surface area contributed by atoms with E-state index in [0.717, 1.165) is 32.5 Å². The first-order valence-corrected chi connectivity index (χ1v) is 5.80. The molecule has 15 heavy (non-hydrogen) atoms. The van der Waals surface area contributed by atoms with Crippen LogP contribution in [-0.2, 0) is 4.79 Å². The molecule has 0 aliphatic carbocycles. The predicted octanol–water partition coefficient (Wildman–Crippen LogP) is 1.51. The Balaban J connectivity index is 2.34. The van der Waals surface area contributed by atoms with Crippen LogP contribution in [0.2, 0.25) is 0 Å². The topological polar surface area (TPSA) is 23.6 Å². The van der Waals surface area contributed by atoms with E-state index in [1.165, 1.54) is 12.8 Å². The predicted molar refractivity (Wildman–Crippen MR) is 62.7 cm³/mol. The second-order valence-electron chi connectivity index (χ2n) is 4.40. The minimum absolute atomic E-state index is 0.179. The van der Waals surface area contributed by atoms with Gasteiger partial charge in [0.15, 0.2) is 0 Å². The zero-order chi connectivity index (χ0) is 11.1. The number of carbonyl (C=O) groups is 1. The Kier molecular flexibility index (Phi) is 5.40. The van der Waals surface area contributed by atoms with Crippen LogP contribution in [0.4, 0.5) is 0 Å². The fourth-order valence-corrected chi connectivity index (χ4v) is 1.76. The molecule has 0 bridgehead atoms. The molecule has 0 N–H and O–H groups in total. The summed E-state index contributed by atoms with van der Waals surface area (Å²) in [4.78, 5) is 15.8. The molecule has 1 aliphatic rings. The first-order chi connectivity index (χ1) is 7.20. The summed E-state index contributed by atoms with van der Waals surface area (Å²) in [5.41, 5.74) is 0. The third kappa shape index (κ3) is 4.98. The molecule has 0 atom stereocenters. The number of hydrogen-bond acceptors (Lipinski definition) is 2. The molecule has 0 unspecified atom stereocenters. The molecular weight excluding hydrogens is 188 g/mol. The average Bonchev–Trinajstić information content (AvgIpc) is 2.44. The normalized spacial score (nSPS) is 18.5. The van der Waals surface area contributed by atoms with Crippen molar-refractivity contribution >= 4 is 5.91 Å². The van der Waals surface area contributed by atoms with E-state index < -0.39 is 0 Å². The third-order valence-corrected chi connectivity index (χ3v) is 2.65. The lowest BCUT2D eigenvalue weighted by Crippen LogP contribution is -2.30. The maximum absolute atomic E-state index is 11.8. The van der Waals surface area contributed by atoms with Crippen LogP contribution in [0.15, 0.2) is 12.2 Å². The number of likely N-dealkylation sites (tertiary alicyclic amines) is 1. The largest absolute Gasteiger partial charge is 0.339 e. The minimum Gasteiger partial charge on any atom is -0.339 e. The molecule has 0 aromatic rings. The lowest BCUT2D eigenvalue weighted by atomic mass is 10.2. The summed E-state index contributed by atoms with van der Waals surface area (Å²) < 4.78 is 0. The summed E-state index contributed by atoms with van der Waals surface area (Å²) in [6.45, 7) is 2.70. The monoisotopic (exact) mass is 210 g/mol. The van der Waals surface area contributed by atoms with Crippen molar-refractivity contribution < 1.29 is 4.79 Å². The van der Waals surface area contributed by atoms with Gasteiger partial charge in [-0.15, -0.1) is 0 Å². The van der Waals surface area contributed by atoms with Crippen molar-refractivity contribution in [1.29, 1.82) is 0 Å². The number of carbonyl (C=O) groups excluding carboxylic acids is 1. The first kappa shape index (κ1) is 12.2. The van der Waals surface area contributed by atoms with Gasteiger partial charge in [0, 0.05) is 25.7 Å². The zero-order valence-electron chi connectivity index (χ0n) is 9.91. The Labute approximate surface area is 92.7 Å². The Morgan fingerprint density at radius 2 is 1.80 bits per heavy atom. The fraction of sp³-hybridized carbons (Fsp3) is 0.750. The number of hydrogen-bond donors (Lipinski definition) is 0. The standard InChI is InChI=1S/C12H22N2O/c1-13(2)9-7-8-12(15)14-10-5-3-4-6-11-14/h7-8H,3-6,9-11H2,1-2H3. The van der Waals surface area contributed by atoms with Gasteiger partial charge in [-0.2, -0.15) is 0 Å². The summed E-state index contributed by atoms with van der Waals surface area (Å²) in [6.07, 6.45) is 8.51. The van der Waals surface area contributed by atoms with Gasteiger partial charge in [0.2, 0.25) is 5.91 Å². The van der Waals surface area contributed by atoms with Crippen LogP contribution in [0.25, 0.3) is 0 Å². The van der Waals surface area contributed by atoms with E-state index in [0.29, 0.717) is 0 Å². The van der Waals surface area contributed by atoms with Crippen LogP contribution in [-0.4, -0.2) is 49.4 Å². The van der Waals surface area contributed by atoms with Gasteiger partial charge in [0.05, 0.1) is 0 Å². The SMILES string of the molecule is CN(C)CC=CC(=O)N1CCCCCC1. The van der Waals surface area contributed by atoms with Crippen LogP contribution >= 0.6 is 0 Å². The molecule has 86 valence electrons. The maximum Gasteiger partial charge on any atom is 0.246 e. The van der Waals surface area contributed by atoms with E-state index in [-0.39, 0.29) is 5.91 Å². The minimum atomic E-state index is 0.179. The Bertz CT molecular complexity index is 216. The summed E-state index contributed by atoms with van der Waals surface area (Å²) in [5, 5.41) is 0. The van der Waals surface area contributed by atoms with E-state index in [1.807, 2.05) is 30.0 Å². The number of rotatable bonds is 3. The highest BCUT2D eigenvalue weighted by Gasteiger charge is 2.12. The smallest absolute Gasteiger partial charge is 0.246 e. The van der Waals surface area contributed by atoms with Crippen molar-refractivity contribution in [3.63, 3.8) is 0 Å². The van der Waals surface area contributed by atoms with Gasteiger partial charge >= 0.3 is 0 Å². The van der Waals surface area contributed by atoms with Gasteiger partial charge in [-0.05, 0) is 26.9 Å². The molecule has 1 rings (SSSR count). The molecular formula is C12H22N2O. The highest BCUT2D eigenvalue weighted by molar-refractivity contribution is 5.87. The fourth-order valence-electron chi connectivity index (χ4n) is 1.76. The second kappa shape index (κ2) is 6.62. The van der Waals surface area contributed by atoms with Crippen LogP contribution in [0.1, 0.15) is 25.7 Å². The van der Waals surface area contributed by atoms with E-state index in [4.69, 9.17) is 0 Å². The Morgan fingerprint density at radius 3 is 2.33 bits per heavy atom. The molecule has 1 saturated heterocycles. The average molecular weight is 210 g/mol. The molecule has 0 aromatic heterocycles. The van der Waals surface area contributed by atoms with Crippen LogP contribution in [0.3, 0.4) is 0 Å². The van der Waals surface area contributed by atoms with Gasteiger partial charge < -0.3 is 9.80 Å². The van der Waals surface area contributed by atoms with Crippen LogP contribution in [0.5, 0.6) is 0 Å². The maximum atomic E-state index is 11.8. The molecule has 1 fully saturated rings. The van der Waals surface area contributed by atoms with Crippen LogP contribution < -0.4 is 0 Å².